The van der Waals surface area contributed by atoms with E-state index < -0.39 is 0 Å². The van der Waals surface area contributed by atoms with Crippen molar-refractivity contribution >= 4 is 11.4 Å². The normalized spacial score (nSPS) is 23.9. The van der Waals surface area contributed by atoms with Crippen LogP contribution in [0.15, 0.2) is 18.2 Å². The van der Waals surface area contributed by atoms with Gasteiger partial charge in [0.1, 0.15) is 0 Å². The number of aryl methyl sites for hydroxylation is 1. The number of rotatable bonds is 4. The molecule has 0 amide bonds. The third-order valence-electron chi connectivity index (χ3n) is 4.15. The number of hydrogen-bond acceptors (Lipinski definition) is 3. The molecule has 3 heteroatoms. The van der Waals surface area contributed by atoms with Crippen LogP contribution < -0.4 is 11.1 Å². The lowest BCUT2D eigenvalue weighted by molar-refractivity contribution is 0.141. The summed E-state index contributed by atoms with van der Waals surface area (Å²) in [7, 11) is 0. The third-order valence-corrected chi connectivity index (χ3v) is 4.15. The summed E-state index contributed by atoms with van der Waals surface area (Å²) in [5, 5.41) is 12.8. The average molecular weight is 248 g/mol. The van der Waals surface area contributed by atoms with Crippen molar-refractivity contribution in [1.82, 2.24) is 0 Å². The molecule has 0 aliphatic heterocycles. The van der Waals surface area contributed by atoms with Gasteiger partial charge in [-0.1, -0.05) is 18.9 Å². The number of nitrogens with one attached hydrogen (secondary N) is 1. The monoisotopic (exact) mass is 248 g/mol. The van der Waals surface area contributed by atoms with Crippen LogP contribution in [-0.4, -0.2) is 18.3 Å². The van der Waals surface area contributed by atoms with Crippen LogP contribution >= 0.6 is 0 Å². The molecule has 2 rings (SSSR count). The van der Waals surface area contributed by atoms with Crippen LogP contribution in [0, 0.1) is 18.8 Å². The quantitative estimate of drug-likeness (QED) is 0.718. The van der Waals surface area contributed by atoms with Gasteiger partial charge in [0.25, 0.3) is 0 Å². The lowest BCUT2D eigenvalue weighted by Gasteiger charge is -2.30. The molecule has 1 aromatic carbocycles. The zero-order chi connectivity index (χ0) is 13.0. The summed E-state index contributed by atoms with van der Waals surface area (Å²) in [6.45, 7) is 3.28. The van der Waals surface area contributed by atoms with Gasteiger partial charge in [-0.25, -0.2) is 0 Å². The van der Waals surface area contributed by atoms with Crippen LogP contribution in [-0.2, 0) is 0 Å². The Morgan fingerprint density at radius 2 is 2.00 bits per heavy atom. The summed E-state index contributed by atoms with van der Waals surface area (Å²) >= 11 is 0. The highest BCUT2D eigenvalue weighted by Crippen LogP contribution is 2.30. The predicted molar refractivity (Wildman–Crippen MR) is 76.6 cm³/mol. The van der Waals surface area contributed by atoms with Gasteiger partial charge in [0.2, 0.25) is 0 Å². The summed E-state index contributed by atoms with van der Waals surface area (Å²) in [6, 6.07) is 6.11. The van der Waals surface area contributed by atoms with E-state index >= 15 is 0 Å². The molecule has 0 spiro atoms. The Morgan fingerprint density at radius 1 is 1.28 bits per heavy atom. The molecule has 0 bridgehead atoms. The number of nitrogens with two attached hydrogens (primary N) is 1. The third kappa shape index (κ3) is 3.16. The van der Waals surface area contributed by atoms with E-state index in [-0.39, 0.29) is 0 Å². The number of hydrogen-bond donors (Lipinski definition) is 3. The van der Waals surface area contributed by atoms with E-state index in [1.807, 2.05) is 19.1 Å². The first-order chi connectivity index (χ1) is 8.70. The van der Waals surface area contributed by atoms with Gasteiger partial charge in [-0.15, -0.1) is 0 Å². The van der Waals surface area contributed by atoms with Crippen LogP contribution in [0.25, 0.3) is 0 Å². The first kappa shape index (κ1) is 13.2. The van der Waals surface area contributed by atoms with Crippen molar-refractivity contribution in [3.63, 3.8) is 0 Å². The lowest BCUT2D eigenvalue weighted by atomic mass is 9.79. The first-order valence-corrected chi connectivity index (χ1v) is 6.91. The van der Waals surface area contributed by atoms with Crippen molar-refractivity contribution in [3.05, 3.63) is 23.8 Å². The molecule has 1 saturated carbocycles. The fraction of sp³-hybridized carbons (Fsp3) is 0.600. The van der Waals surface area contributed by atoms with Gasteiger partial charge >= 0.3 is 0 Å². The molecule has 0 radical (unpaired) electrons. The van der Waals surface area contributed by atoms with E-state index in [0.29, 0.717) is 18.4 Å². The molecule has 0 heterocycles. The summed E-state index contributed by atoms with van der Waals surface area (Å²) < 4.78 is 0. The molecule has 4 N–H and O–H groups in total. The Kier molecular flexibility index (Phi) is 4.48. The maximum atomic E-state index is 9.39. The van der Waals surface area contributed by atoms with E-state index in [9.17, 15) is 5.11 Å². The van der Waals surface area contributed by atoms with Gasteiger partial charge in [-0.3, -0.25) is 0 Å². The number of nitrogen functional groups attached to an aromatic ring is 1. The molecular weight excluding hydrogens is 224 g/mol. The van der Waals surface area contributed by atoms with Crippen molar-refractivity contribution in [3.8, 4) is 0 Å². The van der Waals surface area contributed by atoms with Gasteiger partial charge in [0, 0.05) is 24.5 Å². The molecule has 0 aromatic heterocycles. The summed E-state index contributed by atoms with van der Waals surface area (Å²) in [5.74, 6) is 1.06. The smallest absolute Gasteiger partial charge is 0.0462 e. The van der Waals surface area contributed by atoms with E-state index in [1.165, 1.54) is 25.7 Å². The largest absolute Gasteiger partial charge is 0.398 e. The van der Waals surface area contributed by atoms with Crippen LogP contribution in [0.5, 0.6) is 0 Å². The highest BCUT2D eigenvalue weighted by Gasteiger charge is 2.23. The minimum absolute atomic E-state index is 0.322. The average Bonchev–Trinajstić information content (AvgIpc) is 2.40. The van der Waals surface area contributed by atoms with Crippen molar-refractivity contribution in [2.45, 2.75) is 32.6 Å². The molecule has 1 aromatic rings. The Morgan fingerprint density at radius 3 is 2.67 bits per heavy atom. The Bertz CT molecular complexity index is 392. The zero-order valence-corrected chi connectivity index (χ0v) is 11.2. The molecule has 3 nitrogen and oxygen atoms in total. The number of aliphatic hydroxyl groups is 1. The van der Waals surface area contributed by atoms with Crippen LogP contribution in [0.2, 0.25) is 0 Å². The van der Waals surface area contributed by atoms with Crippen LogP contribution in [0.3, 0.4) is 0 Å². The topological polar surface area (TPSA) is 58.3 Å². The highest BCUT2D eigenvalue weighted by atomic mass is 16.3. The molecule has 1 aliphatic rings. The number of anilines is 2. The van der Waals surface area contributed by atoms with E-state index in [0.717, 1.165) is 23.5 Å². The van der Waals surface area contributed by atoms with E-state index in [1.54, 1.807) is 0 Å². The fourth-order valence-electron chi connectivity index (χ4n) is 2.79. The molecule has 1 aliphatic carbocycles. The summed E-state index contributed by atoms with van der Waals surface area (Å²) in [6.07, 6.45) is 4.94. The van der Waals surface area contributed by atoms with Crippen molar-refractivity contribution in [2.75, 3.05) is 24.2 Å². The summed E-state index contributed by atoms with van der Waals surface area (Å²) in [5.41, 5.74) is 8.94. The fourth-order valence-corrected chi connectivity index (χ4v) is 2.79. The van der Waals surface area contributed by atoms with Crippen molar-refractivity contribution < 1.29 is 5.11 Å². The second kappa shape index (κ2) is 6.10. The van der Waals surface area contributed by atoms with Crippen LogP contribution in [0.1, 0.15) is 31.2 Å². The molecule has 18 heavy (non-hydrogen) atoms. The first-order valence-electron chi connectivity index (χ1n) is 6.91. The molecule has 100 valence electrons. The van der Waals surface area contributed by atoms with Gasteiger partial charge in [-0.2, -0.15) is 0 Å². The van der Waals surface area contributed by atoms with Gasteiger partial charge in [0.15, 0.2) is 0 Å². The number of benzene rings is 1. The second-order valence-corrected chi connectivity index (χ2v) is 5.44. The highest BCUT2D eigenvalue weighted by molar-refractivity contribution is 5.58. The van der Waals surface area contributed by atoms with E-state index in [4.69, 9.17) is 5.73 Å². The molecular formula is C15H24N2O. The van der Waals surface area contributed by atoms with Crippen molar-refractivity contribution in [2.24, 2.45) is 11.8 Å². The van der Waals surface area contributed by atoms with Crippen LogP contribution in [0.4, 0.5) is 11.4 Å². The molecule has 1 fully saturated rings. The Hall–Kier alpha value is -1.22. The SMILES string of the molecule is Cc1ccc(NCC2CCCCC2CO)cc1N. The van der Waals surface area contributed by atoms with E-state index in [2.05, 4.69) is 11.4 Å². The summed E-state index contributed by atoms with van der Waals surface area (Å²) in [4.78, 5) is 0. The minimum atomic E-state index is 0.322. The minimum Gasteiger partial charge on any atom is -0.398 e. The lowest BCUT2D eigenvalue weighted by Crippen LogP contribution is -2.28. The second-order valence-electron chi connectivity index (χ2n) is 5.44. The molecule has 0 saturated heterocycles. The molecule has 2 atom stereocenters. The molecule has 2 unspecified atom stereocenters. The van der Waals surface area contributed by atoms with Gasteiger partial charge < -0.3 is 16.2 Å². The van der Waals surface area contributed by atoms with Gasteiger partial charge in [-0.05, 0) is 49.3 Å². The maximum absolute atomic E-state index is 9.39. The van der Waals surface area contributed by atoms with Gasteiger partial charge in [0.05, 0.1) is 0 Å². The Labute approximate surface area is 109 Å². The zero-order valence-electron chi connectivity index (χ0n) is 11.2. The predicted octanol–water partition coefficient (Wildman–Crippen LogP) is 2.79. The number of aliphatic hydroxyl groups excluding tert-OH is 1. The standard InChI is InChI=1S/C15H24N2O/c1-11-6-7-14(8-15(11)16)17-9-12-4-2-3-5-13(12)10-18/h6-8,12-13,17-18H,2-5,9-10,16H2,1H3. The Balaban J connectivity index is 1.91. The van der Waals surface area contributed by atoms with Crippen molar-refractivity contribution in [1.29, 1.82) is 0 Å². The maximum Gasteiger partial charge on any atom is 0.0462 e.